The number of rotatable bonds is 3. The second-order valence-corrected chi connectivity index (χ2v) is 4.66. The van der Waals surface area contributed by atoms with Gasteiger partial charge in [0.2, 0.25) is 0 Å². The average Bonchev–Trinajstić information content (AvgIpc) is 2.26. The topological polar surface area (TPSA) is 60.4 Å². The third-order valence-electron chi connectivity index (χ3n) is 1.73. The maximum Gasteiger partial charge on any atom is 0.331 e. The number of carbonyl (C=O) groups excluding carboxylic acids is 1. The lowest BCUT2D eigenvalue weighted by molar-refractivity contribution is -0.134. The Kier molecular flexibility index (Phi) is 3.78. The summed E-state index contributed by atoms with van der Waals surface area (Å²) in [5.74, 6) is -1.30. The number of sulfone groups is 1. The number of hydrogen-bond acceptors (Lipinski definition) is 4. The molecule has 86 valence electrons. The van der Waals surface area contributed by atoms with Crippen LogP contribution in [0.5, 0.6) is 0 Å². The summed E-state index contributed by atoms with van der Waals surface area (Å²) in [4.78, 5) is 10.6. The lowest BCUT2D eigenvalue weighted by atomic mass is 10.4. The van der Waals surface area contributed by atoms with Crippen molar-refractivity contribution in [2.45, 2.75) is 4.90 Å². The van der Waals surface area contributed by atoms with Crippen LogP contribution in [0.2, 0.25) is 0 Å². The Morgan fingerprint density at radius 3 is 2.38 bits per heavy atom. The molecule has 0 aromatic heterocycles. The third-order valence-corrected chi connectivity index (χ3v) is 3.15. The monoisotopic (exact) mass is 244 g/mol. The maximum atomic E-state index is 12.6. The van der Waals surface area contributed by atoms with Gasteiger partial charge in [-0.3, -0.25) is 0 Å². The van der Waals surface area contributed by atoms with E-state index in [0.29, 0.717) is 5.41 Å². The van der Waals surface area contributed by atoms with Gasteiger partial charge in [-0.1, -0.05) is 0 Å². The fraction of sp³-hybridized carbons (Fsp3) is 0.100. The van der Waals surface area contributed by atoms with Gasteiger partial charge in [0.05, 0.1) is 12.0 Å². The van der Waals surface area contributed by atoms with Crippen LogP contribution in [-0.2, 0) is 19.4 Å². The SMILES string of the molecule is COC(=O)/C=C\S(=O)(=O)c1ccc(F)cc1. The van der Waals surface area contributed by atoms with Crippen molar-refractivity contribution in [2.24, 2.45) is 0 Å². The fourth-order valence-corrected chi connectivity index (χ4v) is 1.88. The largest absolute Gasteiger partial charge is 0.466 e. The van der Waals surface area contributed by atoms with Gasteiger partial charge < -0.3 is 4.74 Å². The van der Waals surface area contributed by atoms with Gasteiger partial charge in [0.25, 0.3) is 0 Å². The lowest BCUT2D eigenvalue weighted by Crippen LogP contribution is -2.00. The van der Waals surface area contributed by atoms with Gasteiger partial charge in [-0.25, -0.2) is 17.6 Å². The van der Waals surface area contributed by atoms with Gasteiger partial charge >= 0.3 is 5.97 Å². The molecule has 0 aliphatic rings. The van der Waals surface area contributed by atoms with Crippen LogP contribution in [0.15, 0.2) is 40.6 Å². The molecule has 0 aliphatic carbocycles. The van der Waals surface area contributed by atoms with Gasteiger partial charge in [0.15, 0.2) is 9.84 Å². The van der Waals surface area contributed by atoms with Crippen molar-refractivity contribution in [3.63, 3.8) is 0 Å². The molecule has 0 spiro atoms. The van der Waals surface area contributed by atoms with Gasteiger partial charge in [-0.05, 0) is 24.3 Å². The highest BCUT2D eigenvalue weighted by atomic mass is 32.2. The van der Waals surface area contributed by atoms with Gasteiger partial charge in [-0.15, -0.1) is 0 Å². The predicted octanol–water partition coefficient (Wildman–Crippen LogP) is 1.29. The molecule has 4 nitrogen and oxygen atoms in total. The number of carbonyl (C=O) groups is 1. The minimum absolute atomic E-state index is 0.0888. The third kappa shape index (κ3) is 3.16. The molecule has 0 saturated carbocycles. The van der Waals surface area contributed by atoms with E-state index in [1.165, 1.54) is 0 Å². The van der Waals surface area contributed by atoms with Gasteiger partial charge in [-0.2, -0.15) is 0 Å². The molecule has 1 aromatic carbocycles. The number of methoxy groups -OCH3 is 1. The van der Waals surface area contributed by atoms with E-state index >= 15 is 0 Å². The molecule has 0 amide bonds. The molecule has 0 heterocycles. The first-order valence-electron chi connectivity index (χ1n) is 4.22. The van der Waals surface area contributed by atoms with Crippen LogP contribution in [-0.4, -0.2) is 21.5 Å². The highest BCUT2D eigenvalue weighted by molar-refractivity contribution is 7.94. The molecule has 0 radical (unpaired) electrons. The van der Waals surface area contributed by atoms with Gasteiger partial charge in [0.1, 0.15) is 5.82 Å². The summed E-state index contributed by atoms with van der Waals surface area (Å²) in [7, 11) is -2.59. The average molecular weight is 244 g/mol. The first kappa shape index (κ1) is 12.4. The molecule has 0 unspecified atom stereocenters. The number of benzene rings is 1. The highest BCUT2D eigenvalue weighted by Gasteiger charge is 2.10. The lowest BCUT2D eigenvalue weighted by Gasteiger charge is -1.98. The zero-order valence-corrected chi connectivity index (χ0v) is 9.20. The molecule has 0 atom stereocenters. The molecule has 0 N–H and O–H groups in total. The molecule has 0 fully saturated rings. The molecule has 6 heteroatoms. The summed E-state index contributed by atoms with van der Waals surface area (Å²) in [6.07, 6.45) is 0.790. The number of esters is 1. The second kappa shape index (κ2) is 4.89. The van der Waals surface area contributed by atoms with Crippen molar-refractivity contribution in [3.8, 4) is 0 Å². The van der Waals surface area contributed by atoms with Crippen molar-refractivity contribution >= 4 is 15.8 Å². The molecular weight excluding hydrogens is 235 g/mol. The van der Waals surface area contributed by atoms with E-state index in [1.807, 2.05) is 0 Å². The summed E-state index contributed by atoms with van der Waals surface area (Å²) in [5.41, 5.74) is 0. The van der Waals surface area contributed by atoms with Crippen molar-refractivity contribution in [3.05, 3.63) is 41.6 Å². The zero-order valence-electron chi connectivity index (χ0n) is 8.38. The van der Waals surface area contributed by atoms with E-state index < -0.39 is 21.6 Å². The fourth-order valence-electron chi connectivity index (χ4n) is 0.916. The second-order valence-electron chi connectivity index (χ2n) is 2.82. The minimum Gasteiger partial charge on any atom is -0.466 e. The van der Waals surface area contributed by atoms with E-state index in [9.17, 15) is 17.6 Å². The predicted molar refractivity (Wildman–Crippen MR) is 54.7 cm³/mol. The number of halogens is 1. The van der Waals surface area contributed by atoms with Crippen LogP contribution in [0.4, 0.5) is 4.39 Å². The Morgan fingerprint density at radius 1 is 1.31 bits per heavy atom. The van der Waals surface area contributed by atoms with Crippen LogP contribution in [0.3, 0.4) is 0 Å². The summed E-state index contributed by atoms with van der Waals surface area (Å²) < 4.78 is 39.9. The van der Waals surface area contributed by atoms with E-state index in [1.54, 1.807) is 0 Å². The zero-order chi connectivity index (χ0) is 12.2. The first-order chi connectivity index (χ1) is 7.45. The van der Waals surface area contributed by atoms with Crippen LogP contribution >= 0.6 is 0 Å². The highest BCUT2D eigenvalue weighted by Crippen LogP contribution is 2.12. The van der Waals surface area contributed by atoms with E-state index in [4.69, 9.17) is 0 Å². The van der Waals surface area contributed by atoms with Crippen LogP contribution in [0, 0.1) is 5.82 Å². The van der Waals surface area contributed by atoms with Gasteiger partial charge in [0, 0.05) is 11.5 Å². The van der Waals surface area contributed by atoms with Crippen molar-refractivity contribution < 1.29 is 22.3 Å². The smallest absolute Gasteiger partial charge is 0.331 e. The Bertz CT molecular complexity index is 502. The molecule has 0 saturated heterocycles. The Balaban J connectivity index is 2.99. The van der Waals surface area contributed by atoms with E-state index in [0.717, 1.165) is 37.5 Å². The molecule has 1 aromatic rings. The normalized spacial score (nSPS) is 11.6. The number of hydrogen-bond donors (Lipinski definition) is 0. The van der Waals surface area contributed by atoms with Crippen LogP contribution < -0.4 is 0 Å². The summed E-state index contributed by atoms with van der Waals surface area (Å²) >= 11 is 0. The first-order valence-corrected chi connectivity index (χ1v) is 5.77. The molecule has 16 heavy (non-hydrogen) atoms. The van der Waals surface area contributed by atoms with Crippen molar-refractivity contribution in [1.29, 1.82) is 0 Å². The van der Waals surface area contributed by atoms with Crippen LogP contribution in [0.1, 0.15) is 0 Å². The Labute approximate surface area is 92.3 Å². The quantitative estimate of drug-likeness (QED) is 0.456. The summed E-state index contributed by atoms with van der Waals surface area (Å²) in [5, 5.41) is 0.714. The maximum absolute atomic E-state index is 12.6. The summed E-state index contributed by atoms with van der Waals surface area (Å²) in [6, 6.07) is 4.29. The Morgan fingerprint density at radius 2 is 1.88 bits per heavy atom. The van der Waals surface area contributed by atoms with E-state index in [2.05, 4.69) is 4.74 Å². The molecule has 1 rings (SSSR count). The number of ether oxygens (including phenoxy) is 1. The molecule has 0 bridgehead atoms. The molecule has 0 aliphatic heterocycles. The Hall–Kier alpha value is -1.69. The van der Waals surface area contributed by atoms with E-state index in [-0.39, 0.29) is 4.90 Å². The van der Waals surface area contributed by atoms with Crippen molar-refractivity contribution in [1.82, 2.24) is 0 Å². The van der Waals surface area contributed by atoms with Crippen LogP contribution in [0.25, 0.3) is 0 Å². The minimum atomic E-state index is -3.73. The standard InChI is InChI=1S/C10H9FO4S/c1-15-10(12)6-7-16(13,14)9-4-2-8(11)3-5-9/h2-7H,1H3/b7-6-. The van der Waals surface area contributed by atoms with Crippen molar-refractivity contribution in [2.75, 3.05) is 7.11 Å². The summed E-state index contributed by atoms with van der Waals surface area (Å²) in [6.45, 7) is 0. The molecular formula is C10H9FO4S.